The van der Waals surface area contributed by atoms with E-state index in [1.807, 2.05) is 24.3 Å². The number of nitrogens with two attached hydrogens (primary N) is 1. The van der Waals surface area contributed by atoms with E-state index in [1.165, 1.54) is 6.92 Å². The highest BCUT2D eigenvalue weighted by molar-refractivity contribution is 5.94. The van der Waals surface area contributed by atoms with E-state index in [-0.39, 0.29) is 24.5 Å². The van der Waals surface area contributed by atoms with Gasteiger partial charge in [-0.15, -0.1) is 0 Å². The normalized spacial score (nSPS) is 30.3. The molecule has 0 heterocycles. The number of amides is 1. The smallest absolute Gasteiger partial charge is 0.383 e. The van der Waals surface area contributed by atoms with Crippen molar-refractivity contribution >= 4 is 17.4 Å². The molecule has 0 bridgehead atoms. The van der Waals surface area contributed by atoms with Gasteiger partial charge in [-0.1, -0.05) is 42.8 Å². The number of fused-ring (bicyclic) bond motifs is 4. The van der Waals surface area contributed by atoms with E-state index in [1.54, 1.807) is 30.3 Å². The molecule has 0 aromatic heterocycles. The first-order valence-corrected chi connectivity index (χ1v) is 15.0. The number of primary amides is 1. The maximum atomic E-state index is 15.2. The van der Waals surface area contributed by atoms with Crippen LogP contribution in [0.3, 0.4) is 0 Å². The molecule has 4 N–H and O–H groups in total. The van der Waals surface area contributed by atoms with Crippen LogP contribution >= 0.6 is 0 Å². The molecule has 2 saturated carbocycles. The van der Waals surface area contributed by atoms with Crippen molar-refractivity contribution in [3.63, 3.8) is 0 Å². The molecule has 0 spiro atoms. The highest BCUT2D eigenvalue weighted by Gasteiger charge is 2.79. The van der Waals surface area contributed by atoms with Gasteiger partial charge in [0.05, 0.1) is 0 Å². The molecule has 6 rings (SSSR count). The Labute approximate surface area is 252 Å². The third-order valence-corrected chi connectivity index (χ3v) is 10.8. The lowest BCUT2D eigenvalue weighted by Crippen LogP contribution is -2.65. The molecule has 2 fully saturated rings. The Morgan fingerprint density at radius 1 is 1.05 bits per heavy atom. The zero-order valence-corrected chi connectivity index (χ0v) is 24.3. The van der Waals surface area contributed by atoms with Gasteiger partial charge in [-0.05, 0) is 96.9 Å². The number of allylic oxidation sites excluding steroid dienone is 4. The first kappa shape index (κ1) is 30.5. The fourth-order valence-electron chi connectivity index (χ4n) is 8.57. The maximum Gasteiger partial charge on any atom is 0.456 e. The molecule has 0 aliphatic heterocycles. The number of nitrogens with one attached hydrogen (secondary N) is 1. The minimum atomic E-state index is -5.88. The second-order valence-electron chi connectivity index (χ2n) is 13.0. The Balaban J connectivity index is 1.37. The average Bonchev–Trinajstić information content (AvgIpc) is 3.26. The van der Waals surface area contributed by atoms with E-state index >= 15 is 8.78 Å². The van der Waals surface area contributed by atoms with Crippen molar-refractivity contribution in [3.8, 4) is 0 Å². The molecule has 4 aliphatic carbocycles. The standard InChI is InChI=1S/C34H35F5N2O3/c1-31-17-27(20-7-5-19(6-8-20)18-41-23-4-2-3-22(15-23)30(40)43)29-25-12-10-24(42)16-21(25)9-11-26(29)28(31)13-14-32(31,44)33(35,36)34(37,38)39/h2-8,15-16,26-28,41,44H,9-14,17-18H2,1H3,(H2,40,43)/t26?,27-,28?,31+,32-/m1/s1. The summed E-state index contributed by atoms with van der Waals surface area (Å²) in [5, 5.41) is 14.7. The molecule has 0 radical (unpaired) electrons. The molecular weight excluding hydrogens is 579 g/mol. The highest BCUT2D eigenvalue weighted by Crippen LogP contribution is 2.70. The van der Waals surface area contributed by atoms with Crippen LogP contribution < -0.4 is 11.1 Å². The van der Waals surface area contributed by atoms with Crippen molar-refractivity contribution in [2.45, 2.75) is 82.0 Å². The quantitative estimate of drug-likeness (QED) is 0.300. The molecule has 2 aromatic rings. The summed E-state index contributed by atoms with van der Waals surface area (Å²) in [5.74, 6) is -7.07. The van der Waals surface area contributed by atoms with Crippen molar-refractivity contribution in [2.75, 3.05) is 5.32 Å². The van der Waals surface area contributed by atoms with Gasteiger partial charge in [0.2, 0.25) is 5.91 Å². The predicted octanol–water partition coefficient (Wildman–Crippen LogP) is 7.23. The summed E-state index contributed by atoms with van der Waals surface area (Å²) in [4.78, 5) is 23.8. The molecule has 10 heteroatoms. The molecule has 1 amide bonds. The van der Waals surface area contributed by atoms with Gasteiger partial charge in [0.25, 0.3) is 0 Å². The minimum absolute atomic E-state index is 0.0401. The Bertz CT molecular complexity index is 1560. The minimum Gasteiger partial charge on any atom is -0.383 e. The lowest BCUT2D eigenvalue weighted by atomic mass is 9.50. The number of hydrogen-bond acceptors (Lipinski definition) is 4. The lowest BCUT2D eigenvalue weighted by Gasteiger charge is -2.56. The lowest BCUT2D eigenvalue weighted by molar-refractivity contribution is -0.362. The molecule has 5 atom stereocenters. The van der Waals surface area contributed by atoms with Crippen molar-refractivity contribution < 1.29 is 36.6 Å². The average molecular weight is 615 g/mol. The molecule has 2 unspecified atom stereocenters. The number of ketones is 1. The maximum absolute atomic E-state index is 15.2. The highest BCUT2D eigenvalue weighted by atomic mass is 19.4. The topological polar surface area (TPSA) is 92.4 Å². The number of carbonyl (C=O) groups excluding carboxylic acids is 2. The van der Waals surface area contributed by atoms with Crippen LogP contribution in [-0.4, -0.2) is 34.5 Å². The Kier molecular flexibility index (Phi) is 7.30. The van der Waals surface area contributed by atoms with Gasteiger partial charge in [-0.2, -0.15) is 22.0 Å². The van der Waals surface area contributed by atoms with Crippen molar-refractivity contribution in [2.24, 2.45) is 23.0 Å². The number of halogens is 5. The van der Waals surface area contributed by atoms with Crippen LogP contribution in [0.2, 0.25) is 0 Å². The van der Waals surface area contributed by atoms with Gasteiger partial charge >= 0.3 is 12.1 Å². The summed E-state index contributed by atoms with van der Waals surface area (Å²) in [6.07, 6.45) is -2.88. The molecule has 0 saturated heterocycles. The van der Waals surface area contributed by atoms with Crippen LogP contribution in [0.5, 0.6) is 0 Å². The van der Waals surface area contributed by atoms with Gasteiger partial charge in [0, 0.05) is 35.5 Å². The first-order chi connectivity index (χ1) is 20.7. The molecule has 44 heavy (non-hydrogen) atoms. The van der Waals surface area contributed by atoms with E-state index in [4.69, 9.17) is 5.73 Å². The van der Waals surface area contributed by atoms with E-state index in [9.17, 15) is 27.9 Å². The van der Waals surface area contributed by atoms with Crippen LogP contribution in [0.4, 0.5) is 27.6 Å². The van der Waals surface area contributed by atoms with E-state index in [2.05, 4.69) is 5.32 Å². The molecule has 5 nitrogen and oxygen atoms in total. The number of rotatable bonds is 6. The number of alkyl halides is 5. The summed E-state index contributed by atoms with van der Waals surface area (Å²) in [6.45, 7) is 1.84. The summed E-state index contributed by atoms with van der Waals surface area (Å²) in [7, 11) is 0. The van der Waals surface area contributed by atoms with Crippen LogP contribution in [0, 0.1) is 17.3 Å². The van der Waals surface area contributed by atoms with Crippen molar-refractivity contribution in [3.05, 3.63) is 88.0 Å². The first-order valence-electron chi connectivity index (χ1n) is 15.0. The van der Waals surface area contributed by atoms with Gasteiger partial charge in [0.15, 0.2) is 5.78 Å². The summed E-state index contributed by atoms with van der Waals surface area (Å²) >= 11 is 0. The molecular formula is C34H35F5N2O3. The van der Waals surface area contributed by atoms with Gasteiger partial charge in [-0.3, -0.25) is 9.59 Å². The fourth-order valence-corrected chi connectivity index (χ4v) is 8.57. The molecule has 4 aliphatic rings. The van der Waals surface area contributed by atoms with E-state index in [0.29, 0.717) is 43.5 Å². The van der Waals surface area contributed by atoms with Crippen LogP contribution in [0.1, 0.15) is 79.3 Å². The van der Waals surface area contributed by atoms with Gasteiger partial charge < -0.3 is 16.2 Å². The van der Waals surface area contributed by atoms with Crippen LogP contribution in [0.25, 0.3) is 0 Å². The van der Waals surface area contributed by atoms with Crippen molar-refractivity contribution in [1.82, 2.24) is 0 Å². The third kappa shape index (κ3) is 4.68. The van der Waals surface area contributed by atoms with E-state index in [0.717, 1.165) is 27.8 Å². The number of carbonyl (C=O) groups is 2. The molecule has 234 valence electrons. The predicted molar refractivity (Wildman–Crippen MR) is 155 cm³/mol. The summed E-state index contributed by atoms with van der Waals surface area (Å²) in [6, 6.07) is 14.3. The van der Waals surface area contributed by atoms with Crippen LogP contribution in [-0.2, 0) is 11.3 Å². The zero-order valence-electron chi connectivity index (χ0n) is 24.3. The summed E-state index contributed by atoms with van der Waals surface area (Å²) < 4.78 is 71.7. The van der Waals surface area contributed by atoms with Crippen LogP contribution in [0.15, 0.2) is 71.3 Å². The monoisotopic (exact) mass is 614 g/mol. The zero-order chi connectivity index (χ0) is 31.7. The molecule has 2 aromatic carbocycles. The fraction of sp³-hybridized carbons (Fsp3) is 0.471. The van der Waals surface area contributed by atoms with E-state index < -0.39 is 47.3 Å². The Morgan fingerprint density at radius 3 is 2.45 bits per heavy atom. The SMILES string of the molecule is C[C@]12C[C@H](c3ccc(CNc4cccc(C(N)=O)c4)cc3)C3=C4CCC(=O)C=C4CCC3C1CC[C@]2(O)C(F)(F)C(F)(F)F. The second kappa shape index (κ2) is 10.5. The Hall–Kier alpha value is -3.53. The number of anilines is 1. The largest absolute Gasteiger partial charge is 0.456 e. The summed E-state index contributed by atoms with van der Waals surface area (Å²) in [5.41, 5.74) is 6.18. The second-order valence-corrected chi connectivity index (χ2v) is 13.0. The third-order valence-electron chi connectivity index (χ3n) is 10.8. The van der Waals surface area contributed by atoms with Gasteiger partial charge in [0.1, 0.15) is 5.60 Å². The van der Waals surface area contributed by atoms with Crippen molar-refractivity contribution in [1.29, 1.82) is 0 Å². The number of hydrogen-bond donors (Lipinski definition) is 3. The van der Waals surface area contributed by atoms with Gasteiger partial charge in [-0.25, -0.2) is 0 Å². The number of aliphatic hydroxyl groups is 1. The number of benzene rings is 2. The Morgan fingerprint density at radius 2 is 1.77 bits per heavy atom.